The standard InChI is InChI=1S/C17H24N2O4/c1-13(20)12-19(15(21)14-8-6-5-7-9-14)11-10-18-16(22)23-17(2,3)4/h5-9H,10-12H2,1-4H3,(H,18,22). The summed E-state index contributed by atoms with van der Waals surface area (Å²) in [5.41, 5.74) is -0.0748. The van der Waals surface area contributed by atoms with Gasteiger partial charge in [-0.05, 0) is 39.8 Å². The highest BCUT2D eigenvalue weighted by Crippen LogP contribution is 2.07. The molecule has 126 valence electrons. The van der Waals surface area contributed by atoms with Crippen LogP contribution in [0.1, 0.15) is 38.1 Å². The van der Waals surface area contributed by atoms with Crippen molar-refractivity contribution in [1.29, 1.82) is 0 Å². The van der Waals surface area contributed by atoms with Gasteiger partial charge in [0.05, 0.1) is 6.54 Å². The van der Waals surface area contributed by atoms with Gasteiger partial charge in [0, 0.05) is 18.7 Å². The minimum absolute atomic E-state index is 0.00370. The SMILES string of the molecule is CC(=O)CN(CCNC(=O)OC(C)(C)C)C(=O)c1ccccc1. The van der Waals surface area contributed by atoms with Crippen LogP contribution in [0.25, 0.3) is 0 Å². The molecular weight excluding hydrogens is 296 g/mol. The molecule has 0 unspecified atom stereocenters. The molecule has 1 aromatic carbocycles. The van der Waals surface area contributed by atoms with Crippen LogP contribution in [-0.2, 0) is 9.53 Å². The van der Waals surface area contributed by atoms with Crippen LogP contribution in [0.4, 0.5) is 4.79 Å². The number of hydrogen-bond acceptors (Lipinski definition) is 4. The largest absolute Gasteiger partial charge is 0.444 e. The monoisotopic (exact) mass is 320 g/mol. The third-order valence-corrected chi connectivity index (χ3v) is 2.77. The van der Waals surface area contributed by atoms with Gasteiger partial charge in [0.1, 0.15) is 11.4 Å². The molecule has 1 aromatic rings. The number of ether oxygens (including phenoxy) is 1. The molecule has 0 bridgehead atoms. The van der Waals surface area contributed by atoms with Gasteiger partial charge in [-0.3, -0.25) is 9.59 Å². The van der Waals surface area contributed by atoms with E-state index in [9.17, 15) is 14.4 Å². The molecule has 0 aliphatic carbocycles. The molecule has 2 amide bonds. The van der Waals surface area contributed by atoms with Crippen LogP contribution in [-0.4, -0.2) is 47.9 Å². The van der Waals surface area contributed by atoms with Gasteiger partial charge in [0.2, 0.25) is 0 Å². The zero-order chi connectivity index (χ0) is 17.5. The van der Waals surface area contributed by atoms with Crippen molar-refractivity contribution in [3.05, 3.63) is 35.9 Å². The highest BCUT2D eigenvalue weighted by atomic mass is 16.6. The Morgan fingerprint density at radius 3 is 2.26 bits per heavy atom. The van der Waals surface area contributed by atoms with Gasteiger partial charge >= 0.3 is 6.09 Å². The molecule has 0 spiro atoms. The first kappa shape index (κ1) is 18.7. The Kier molecular flexibility index (Phi) is 6.75. The first-order valence-electron chi connectivity index (χ1n) is 7.49. The van der Waals surface area contributed by atoms with Crippen LogP contribution in [0.15, 0.2) is 30.3 Å². The van der Waals surface area contributed by atoms with E-state index in [1.54, 1.807) is 45.0 Å². The Balaban J connectivity index is 2.60. The second kappa shape index (κ2) is 8.31. The zero-order valence-electron chi connectivity index (χ0n) is 14.1. The molecule has 23 heavy (non-hydrogen) atoms. The number of nitrogens with one attached hydrogen (secondary N) is 1. The van der Waals surface area contributed by atoms with Crippen molar-refractivity contribution >= 4 is 17.8 Å². The number of rotatable bonds is 6. The Hall–Kier alpha value is -2.37. The third kappa shape index (κ3) is 7.44. The summed E-state index contributed by atoms with van der Waals surface area (Å²) in [5, 5.41) is 2.58. The summed E-state index contributed by atoms with van der Waals surface area (Å²) in [6.07, 6.45) is -0.549. The van der Waals surface area contributed by atoms with Crippen molar-refractivity contribution in [2.45, 2.75) is 33.3 Å². The number of amides is 2. The molecule has 0 radical (unpaired) electrons. The van der Waals surface area contributed by atoms with E-state index in [1.807, 2.05) is 6.07 Å². The molecule has 6 heteroatoms. The topological polar surface area (TPSA) is 75.7 Å². The molecule has 6 nitrogen and oxygen atoms in total. The van der Waals surface area contributed by atoms with E-state index in [4.69, 9.17) is 4.74 Å². The lowest BCUT2D eigenvalue weighted by Gasteiger charge is -2.23. The molecule has 1 rings (SSSR count). The molecule has 0 aliphatic heterocycles. The van der Waals surface area contributed by atoms with Crippen molar-refractivity contribution < 1.29 is 19.1 Å². The predicted octanol–water partition coefficient (Wildman–Crippen LogP) is 2.24. The van der Waals surface area contributed by atoms with Crippen molar-refractivity contribution in [2.24, 2.45) is 0 Å². The Labute approximate surface area is 136 Å². The summed E-state index contributed by atoms with van der Waals surface area (Å²) in [6, 6.07) is 8.72. The molecule has 1 N–H and O–H groups in total. The summed E-state index contributed by atoms with van der Waals surface area (Å²) in [4.78, 5) is 36.8. The van der Waals surface area contributed by atoms with Gasteiger partial charge < -0.3 is 15.0 Å². The lowest BCUT2D eigenvalue weighted by Crippen LogP contribution is -2.42. The lowest BCUT2D eigenvalue weighted by atomic mass is 10.2. The number of carbonyl (C=O) groups is 3. The maximum atomic E-state index is 12.4. The van der Waals surface area contributed by atoms with Crippen LogP contribution >= 0.6 is 0 Å². The first-order chi connectivity index (χ1) is 10.7. The van der Waals surface area contributed by atoms with Crippen LogP contribution in [0.5, 0.6) is 0 Å². The van der Waals surface area contributed by atoms with Gasteiger partial charge in [-0.15, -0.1) is 0 Å². The minimum Gasteiger partial charge on any atom is -0.444 e. The smallest absolute Gasteiger partial charge is 0.407 e. The second-order valence-corrected chi connectivity index (χ2v) is 6.22. The van der Waals surface area contributed by atoms with Crippen LogP contribution < -0.4 is 5.32 Å². The van der Waals surface area contributed by atoms with Crippen molar-refractivity contribution in [2.75, 3.05) is 19.6 Å². The van der Waals surface area contributed by atoms with Crippen LogP contribution in [0.3, 0.4) is 0 Å². The van der Waals surface area contributed by atoms with E-state index in [-0.39, 0.29) is 31.3 Å². The Bertz CT molecular complexity index is 549. The zero-order valence-corrected chi connectivity index (χ0v) is 14.1. The van der Waals surface area contributed by atoms with Crippen molar-refractivity contribution in [1.82, 2.24) is 10.2 Å². The Morgan fingerprint density at radius 2 is 1.74 bits per heavy atom. The number of ketones is 1. The first-order valence-corrected chi connectivity index (χ1v) is 7.49. The minimum atomic E-state index is -0.580. The number of hydrogen-bond donors (Lipinski definition) is 1. The third-order valence-electron chi connectivity index (χ3n) is 2.77. The fourth-order valence-electron chi connectivity index (χ4n) is 1.89. The summed E-state index contributed by atoms with van der Waals surface area (Å²) >= 11 is 0. The fourth-order valence-corrected chi connectivity index (χ4v) is 1.89. The van der Waals surface area contributed by atoms with E-state index >= 15 is 0 Å². The van der Waals surface area contributed by atoms with Crippen molar-refractivity contribution in [3.8, 4) is 0 Å². The van der Waals surface area contributed by atoms with Gasteiger partial charge in [0.15, 0.2) is 0 Å². The Morgan fingerprint density at radius 1 is 1.13 bits per heavy atom. The van der Waals surface area contributed by atoms with Gasteiger partial charge in [-0.1, -0.05) is 18.2 Å². The van der Waals surface area contributed by atoms with E-state index < -0.39 is 11.7 Å². The van der Waals surface area contributed by atoms with E-state index in [2.05, 4.69) is 5.32 Å². The summed E-state index contributed by atoms with van der Waals surface area (Å²) < 4.78 is 5.13. The second-order valence-electron chi connectivity index (χ2n) is 6.22. The number of Topliss-reactive ketones (excluding diaryl/α,β-unsaturated/α-hetero) is 1. The maximum Gasteiger partial charge on any atom is 0.407 e. The van der Waals surface area contributed by atoms with Gasteiger partial charge in [0.25, 0.3) is 5.91 Å². The molecule has 0 aromatic heterocycles. The fraction of sp³-hybridized carbons (Fsp3) is 0.471. The predicted molar refractivity (Wildman–Crippen MR) is 87.3 cm³/mol. The highest BCUT2D eigenvalue weighted by molar-refractivity contribution is 5.96. The van der Waals surface area contributed by atoms with Gasteiger partial charge in [-0.25, -0.2) is 4.79 Å². The molecule has 0 saturated carbocycles. The molecule has 0 saturated heterocycles. The average molecular weight is 320 g/mol. The molecule has 0 aliphatic rings. The van der Waals surface area contributed by atoms with Crippen LogP contribution in [0.2, 0.25) is 0 Å². The van der Waals surface area contributed by atoms with E-state index in [0.29, 0.717) is 5.56 Å². The van der Waals surface area contributed by atoms with E-state index in [1.165, 1.54) is 11.8 Å². The summed E-state index contributed by atoms with van der Waals surface area (Å²) in [6.45, 7) is 7.18. The number of nitrogens with zero attached hydrogens (tertiary/aromatic N) is 1. The summed E-state index contributed by atoms with van der Waals surface area (Å²) in [7, 11) is 0. The van der Waals surface area contributed by atoms with Gasteiger partial charge in [-0.2, -0.15) is 0 Å². The average Bonchev–Trinajstić information content (AvgIpc) is 2.44. The van der Waals surface area contributed by atoms with E-state index in [0.717, 1.165) is 0 Å². The number of benzene rings is 1. The molecular formula is C17H24N2O4. The van der Waals surface area contributed by atoms with Crippen LogP contribution in [0, 0.1) is 0 Å². The maximum absolute atomic E-state index is 12.4. The molecule has 0 fully saturated rings. The highest BCUT2D eigenvalue weighted by Gasteiger charge is 2.19. The van der Waals surface area contributed by atoms with Crippen molar-refractivity contribution in [3.63, 3.8) is 0 Å². The number of carbonyl (C=O) groups excluding carboxylic acids is 3. The normalized spacial score (nSPS) is 10.8. The lowest BCUT2D eigenvalue weighted by molar-refractivity contribution is -0.117. The summed E-state index contributed by atoms with van der Waals surface area (Å²) in [5.74, 6) is -0.363. The number of alkyl carbamates (subject to hydrolysis) is 1. The molecule has 0 atom stereocenters. The molecule has 0 heterocycles. The quantitative estimate of drug-likeness (QED) is 0.872.